The van der Waals surface area contributed by atoms with Gasteiger partial charge in [-0.05, 0) is 25.0 Å². The van der Waals surface area contributed by atoms with Gasteiger partial charge in [-0.1, -0.05) is 11.4 Å². The first kappa shape index (κ1) is 13.0. The quantitative estimate of drug-likeness (QED) is 0.880. The van der Waals surface area contributed by atoms with Crippen LogP contribution in [0, 0.1) is 0 Å². The molecule has 0 aromatic carbocycles. The molecule has 2 aromatic heterocycles. The van der Waals surface area contributed by atoms with Crippen LogP contribution in [0.15, 0.2) is 6.20 Å². The molecule has 2 heterocycles. The van der Waals surface area contributed by atoms with Gasteiger partial charge in [0.2, 0.25) is 0 Å². The van der Waals surface area contributed by atoms with Crippen LogP contribution in [0.5, 0.6) is 5.75 Å². The fourth-order valence-corrected chi connectivity index (χ4v) is 2.84. The summed E-state index contributed by atoms with van der Waals surface area (Å²) in [6.45, 7) is 2.08. The van der Waals surface area contributed by atoms with Crippen LogP contribution in [0.3, 0.4) is 0 Å². The summed E-state index contributed by atoms with van der Waals surface area (Å²) in [5.74, 6) is 0.771. The number of nitrogens with zero attached hydrogens (tertiary/aromatic N) is 4. The molecule has 6 nitrogen and oxygen atoms in total. The second kappa shape index (κ2) is 5.45. The van der Waals surface area contributed by atoms with E-state index in [2.05, 4.69) is 26.9 Å². The zero-order valence-electron chi connectivity index (χ0n) is 11.0. The van der Waals surface area contributed by atoms with Gasteiger partial charge in [-0.25, -0.2) is 0 Å². The molecule has 0 aliphatic heterocycles. The summed E-state index contributed by atoms with van der Waals surface area (Å²) in [5, 5.41) is 11.7. The van der Waals surface area contributed by atoms with Gasteiger partial charge in [-0.3, -0.25) is 4.68 Å². The predicted octanol–water partition coefficient (Wildman–Crippen LogP) is 1.15. The first-order valence-electron chi connectivity index (χ1n) is 5.77. The summed E-state index contributed by atoms with van der Waals surface area (Å²) in [6.07, 6.45) is 2.59. The van der Waals surface area contributed by atoms with E-state index in [0.29, 0.717) is 0 Å². The lowest BCUT2D eigenvalue weighted by atomic mass is 10.1. The van der Waals surface area contributed by atoms with Crippen molar-refractivity contribution in [2.75, 3.05) is 14.2 Å². The zero-order valence-corrected chi connectivity index (χ0v) is 11.8. The fourth-order valence-electron chi connectivity index (χ4n) is 1.99. The van der Waals surface area contributed by atoms with Crippen LogP contribution >= 0.6 is 11.5 Å². The van der Waals surface area contributed by atoms with Gasteiger partial charge >= 0.3 is 0 Å². The second-order valence-corrected chi connectivity index (χ2v) is 4.67. The standard InChI is InChI=1S/C11H17N5OS/c1-5-7-11(18-15-14-7)9(12-2)10-8(17-4)6-13-16(10)3/h6,9,12H,5H2,1-4H3. The molecule has 0 spiro atoms. The molecule has 0 aliphatic rings. The third kappa shape index (κ3) is 2.11. The Morgan fingerprint density at radius 2 is 2.33 bits per heavy atom. The first-order chi connectivity index (χ1) is 8.72. The average molecular weight is 267 g/mol. The molecular formula is C11H17N5OS. The highest BCUT2D eigenvalue weighted by molar-refractivity contribution is 7.05. The van der Waals surface area contributed by atoms with Gasteiger partial charge in [0.15, 0.2) is 5.75 Å². The number of aryl methyl sites for hydroxylation is 2. The summed E-state index contributed by atoms with van der Waals surface area (Å²) in [5.41, 5.74) is 2.00. The van der Waals surface area contributed by atoms with E-state index in [-0.39, 0.29) is 6.04 Å². The molecule has 2 aromatic rings. The van der Waals surface area contributed by atoms with Crippen molar-refractivity contribution < 1.29 is 4.74 Å². The second-order valence-electron chi connectivity index (χ2n) is 3.88. The maximum absolute atomic E-state index is 5.36. The lowest BCUT2D eigenvalue weighted by Gasteiger charge is -2.16. The minimum absolute atomic E-state index is 0.00222. The number of ether oxygens (including phenoxy) is 1. The number of aromatic nitrogens is 4. The monoisotopic (exact) mass is 267 g/mol. The van der Waals surface area contributed by atoms with Gasteiger partial charge in [0.05, 0.1) is 29.9 Å². The van der Waals surface area contributed by atoms with E-state index in [1.807, 2.05) is 18.8 Å². The molecule has 98 valence electrons. The maximum Gasteiger partial charge on any atom is 0.161 e. The third-order valence-corrected chi connectivity index (χ3v) is 3.74. The molecule has 7 heteroatoms. The SMILES string of the molecule is CCc1nnsc1C(NC)c1c(OC)cnn1C. The number of hydrogen-bond donors (Lipinski definition) is 1. The van der Waals surface area contributed by atoms with Crippen molar-refractivity contribution in [1.82, 2.24) is 24.7 Å². The molecule has 1 atom stereocenters. The number of hydrogen-bond acceptors (Lipinski definition) is 6. The normalized spacial score (nSPS) is 12.7. The van der Waals surface area contributed by atoms with Crippen molar-refractivity contribution in [2.45, 2.75) is 19.4 Å². The Morgan fingerprint density at radius 3 is 2.94 bits per heavy atom. The molecule has 1 unspecified atom stereocenters. The van der Waals surface area contributed by atoms with Crippen molar-refractivity contribution in [3.05, 3.63) is 22.5 Å². The Hall–Kier alpha value is -1.47. The Bertz CT molecular complexity index is 521. The van der Waals surface area contributed by atoms with Crippen LogP contribution in [0.1, 0.15) is 29.2 Å². The molecule has 0 fully saturated rings. The van der Waals surface area contributed by atoms with Crippen molar-refractivity contribution in [2.24, 2.45) is 7.05 Å². The van der Waals surface area contributed by atoms with Crippen LogP contribution in [0.25, 0.3) is 0 Å². The van der Waals surface area contributed by atoms with Gasteiger partial charge < -0.3 is 10.1 Å². The van der Waals surface area contributed by atoms with Crippen LogP contribution in [-0.2, 0) is 13.5 Å². The number of nitrogens with one attached hydrogen (secondary N) is 1. The molecule has 0 radical (unpaired) electrons. The van der Waals surface area contributed by atoms with Crippen LogP contribution in [0.2, 0.25) is 0 Å². The lowest BCUT2D eigenvalue weighted by molar-refractivity contribution is 0.403. The van der Waals surface area contributed by atoms with E-state index in [0.717, 1.165) is 28.4 Å². The summed E-state index contributed by atoms with van der Waals surface area (Å²) in [7, 11) is 5.47. The molecule has 0 amide bonds. The van der Waals surface area contributed by atoms with Crippen LogP contribution < -0.4 is 10.1 Å². The van der Waals surface area contributed by atoms with E-state index in [1.165, 1.54) is 11.5 Å². The average Bonchev–Trinajstić information content (AvgIpc) is 2.98. The number of rotatable bonds is 5. The highest BCUT2D eigenvalue weighted by atomic mass is 32.1. The Kier molecular flexibility index (Phi) is 3.93. The molecule has 2 rings (SSSR count). The van der Waals surface area contributed by atoms with Gasteiger partial charge in [-0.2, -0.15) is 5.10 Å². The minimum atomic E-state index is 0.00222. The molecular weight excluding hydrogens is 250 g/mol. The highest BCUT2D eigenvalue weighted by Gasteiger charge is 2.25. The molecule has 0 saturated heterocycles. The van der Waals surface area contributed by atoms with Crippen LogP contribution in [-0.4, -0.2) is 33.5 Å². The van der Waals surface area contributed by atoms with E-state index in [1.54, 1.807) is 13.3 Å². The minimum Gasteiger partial charge on any atom is -0.493 e. The van der Waals surface area contributed by atoms with Gasteiger partial charge in [0, 0.05) is 7.05 Å². The van der Waals surface area contributed by atoms with Gasteiger partial charge in [0.25, 0.3) is 0 Å². The first-order valence-corrected chi connectivity index (χ1v) is 6.54. The molecule has 0 aliphatic carbocycles. The van der Waals surface area contributed by atoms with Gasteiger partial charge in [-0.15, -0.1) is 5.10 Å². The van der Waals surface area contributed by atoms with E-state index in [4.69, 9.17) is 4.74 Å². The zero-order chi connectivity index (χ0) is 13.1. The smallest absolute Gasteiger partial charge is 0.161 e. The largest absolute Gasteiger partial charge is 0.493 e. The Balaban J connectivity index is 2.48. The van der Waals surface area contributed by atoms with Crippen molar-refractivity contribution >= 4 is 11.5 Å². The Labute approximate surface area is 110 Å². The topological polar surface area (TPSA) is 64.9 Å². The molecule has 0 saturated carbocycles. The van der Waals surface area contributed by atoms with Crippen molar-refractivity contribution in [3.8, 4) is 5.75 Å². The molecule has 18 heavy (non-hydrogen) atoms. The summed E-state index contributed by atoms with van der Waals surface area (Å²) in [6, 6.07) is 0.00222. The lowest BCUT2D eigenvalue weighted by Crippen LogP contribution is -2.21. The maximum atomic E-state index is 5.36. The van der Waals surface area contributed by atoms with E-state index < -0.39 is 0 Å². The van der Waals surface area contributed by atoms with Gasteiger partial charge in [0.1, 0.15) is 5.69 Å². The molecule has 1 N–H and O–H groups in total. The number of methoxy groups -OCH3 is 1. The third-order valence-electron chi connectivity index (χ3n) is 2.91. The van der Waals surface area contributed by atoms with Crippen LogP contribution in [0.4, 0.5) is 0 Å². The van der Waals surface area contributed by atoms with E-state index in [9.17, 15) is 0 Å². The van der Waals surface area contributed by atoms with Crippen molar-refractivity contribution in [3.63, 3.8) is 0 Å². The van der Waals surface area contributed by atoms with E-state index >= 15 is 0 Å². The predicted molar refractivity (Wildman–Crippen MR) is 69.9 cm³/mol. The summed E-state index contributed by atoms with van der Waals surface area (Å²) < 4.78 is 11.2. The molecule has 0 bridgehead atoms. The summed E-state index contributed by atoms with van der Waals surface area (Å²) >= 11 is 1.41. The highest BCUT2D eigenvalue weighted by Crippen LogP contribution is 2.32. The Morgan fingerprint density at radius 1 is 1.56 bits per heavy atom. The summed E-state index contributed by atoms with van der Waals surface area (Å²) in [4.78, 5) is 1.11. The van der Waals surface area contributed by atoms with Crippen molar-refractivity contribution in [1.29, 1.82) is 0 Å². The fraction of sp³-hybridized carbons (Fsp3) is 0.545.